The topological polar surface area (TPSA) is 60.8 Å². The van der Waals surface area contributed by atoms with Crippen LogP contribution < -0.4 is 0 Å². The lowest BCUT2D eigenvalue weighted by atomic mass is 9.45. The molecule has 0 aliphatic heterocycles. The SMILES string of the molecule is CC(=O)N(C)C1(O)CC[C@@]2(C)C(CC[C@@H]3[C@H]2CC[C@]2(C)CC(O)C[C@@H]32)C1. The molecule has 0 aromatic rings. The fourth-order valence-corrected chi connectivity index (χ4v) is 7.85. The molecule has 4 heteroatoms. The van der Waals surface area contributed by atoms with E-state index >= 15 is 0 Å². The Hall–Kier alpha value is -0.610. The highest BCUT2D eigenvalue weighted by atomic mass is 16.3. The second kappa shape index (κ2) is 5.94. The Bertz CT molecular complexity index is 594. The van der Waals surface area contributed by atoms with Crippen molar-refractivity contribution in [2.45, 2.75) is 90.4 Å². The summed E-state index contributed by atoms with van der Waals surface area (Å²) in [6.45, 7) is 6.44. The first-order valence-corrected chi connectivity index (χ1v) is 10.7. The maximum atomic E-state index is 11.8. The van der Waals surface area contributed by atoms with E-state index in [0.29, 0.717) is 23.7 Å². The monoisotopic (exact) mass is 363 g/mol. The summed E-state index contributed by atoms with van der Waals surface area (Å²) in [4.78, 5) is 13.4. The van der Waals surface area contributed by atoms with E-state index in [9.17, 15) is 15.0 Å². The minimum atomic E-state index is -0.963. The average molecular weight is 364 g/mol. The summed E-state index contributed by atoms with van der Waals surface area (Å²) in [5.74, 6) is 2.59. The fourth-order valence-electron chi connectivity index (χ4n) is 7.85. The zero-order chi connectivity index (χ0) is 18.9. The number of aliphatic hydroxyl groups is 2. The highest BCUT2D eigenvalue weighted by Crippen LogP contribution is 2.66. The number of rotatable bonds is 1. The molecule has 4 aliphatic rings. The van der Waals surface area contributed by atoms with Crippen molar-refractivity contribution in [2.24, 2.45) is 34.5 Å². The van der Waals surface area contributed by atoms with Gasteiger partial charge in [0.1, 0.15) is 5.72 Å². The number of fused-ring (bicyclic) bond motifs is 5. The van der Waals surface area contributed by atoms with Gasteiger partial charge in [-0.25, -0.2) is 0 Å². The van der Waals surface area contributed by atoms with E-state index in [4.69, 9.17) is 0 Å². The van der Waals surface area contributed by atoms with Gasteiger partial charge in [-0.1, -0.05) is 13.8 Å². The number of amides is 1. The van der Waals surface area contributed by atoms with Crippen LogP contribution in [-0.2, 0) is 4.79 Å². The van der Waals surface area contributed by atoms with Gasteiger partial charge in [0.15, 0.2) is 0 Å². The molecule has 0 bridgehead atoms. The van der Waals surface area contributed by atoms with Crippen LogP contribution in [0.25, 0.3) is 0 Å². The van der Waals surface area contributed by atoms with E-state index in [0.717, 1.165) is 43.9 Å². The Kier molecular flexibility index (Phi) is 4.28. The van der Waals surface area contributed by atoms with Crippen LogP contribution in [0.2, 0.25) is 0 Å². The van der Waals surface area contributed by atoms with Crippen LogP contribution in [0.15, 0.2) is 0 Å². The van der Waals surface area contributed by atoms with Crippen LogP contribution in [0.3, 0.4) is 0 Å². The molecule has 0 heterocycles. The summed E-state index contributed by atoms with van der Waals surface area (Å²) in [5, 5.41) is 21.5. The molecule has 148 valence electrons. The Labute approximate surface area is 158 Å². The predicted molar refractivity (Wildman–Crippen MR) is 101 cm³/mol. The van der Waals surface area contributed by atoms with Gasteiger partial charge in [-0.3, -0.25) is 4.79 Å². The highest BCUT2D eigenvalue weighted by Gasteiger charge is 2.60. The standard InChI is InChI=1S/C22H37NO3/c1-14(24)23(4)22(26)10-9-21(3)15(12-22)5-6-17-18(21)7-8-20(2)13-16(25)11-19(17)20/h15-19,25-26H,5-13H2,1-4H3/t15?,16?,17-,18-,19+,20-,21+,22?/m1/s1. The minimum absolute atomic E-state index is 0.0434. The second-order valence-corrected chi connectivity index (χ2v) is 10.7. The molecule has 1 amide bonds. The quantitative estimate of drug-likeness (QED) is 0.700. The number of nitrogens with zero attached hydrogens (tertiary/aromatic N) is 1. The van der Waals surface area contributed by atoms with Gasteiger partial charge in [-0.05, 0) is 92.3 Å². The molecule has 26 heavy (non-hydrogen) atoms. The summed E-state index contributed by atoms with van der Waals surface area (Å²) in [7, 11) is 1.75. The predicted octanol–water partition coefficient (Wildman–Crippen LogP) is 3.56. The molecule has 4 fully saturated rings. The molecule has 4 rings (SSSR count). The Morgan fingerprint density at radius 2 is 1.77 bits per heavy atom. The molecule has 0 saturated heterocycles. The van der Waals surface area contributed by atoms with Crippen LogP contribution in [0.4, 0.5) is 0 Å². The van der Waals surface area contributed by atoms with E-state index in [2.05, 4.69) is 13.8 Å². The van der Waals surface area contributed by atoms with Crippen molar-refractivity contribution in [3.8, 4) is 0 Å². The van der Waals surface area contributed by atoms with Crippen LogP contribution in [-0.4, -0.2) is 39.9 Å². The van der Waals surface area contributed by atoms with Gasteiger partial charge in [0.2, 0.25) is 5.91 Å². The van der Waals surface area contributed by atoms with E-state index in [1.54, 1.807) is 18.9 Å². The summed E-state index contributed by atoms with van der Waals surface area (Å²) < 4.78 is 0. The molecule has 0 aromatic heterocycles. The van der Waals surface area contributed by atoms with Crippen LogP contribution in [0.1, 0.15) is 78.6 Å². The van der Waals surface area contributed by atoms with Gasteiger partial charge in [0.25, 0.3) is 0 Å². The van der Waals surface area contributed by atoms with Gasteiger partial charge in [0.05, 0.1) is 6.10 Å². The Morgan fingerprint density at radius 1 is 1.04 bits per heavy atom. The van der Waals surface area contributed by atoms with Crippen LogP contribution in [0, 0.1) is 34.5 Å². The zero-order valence-electron chi connectivity index (χ0n) is 17.0. The first-order chi connectivity index (χ1) is 12.1. The van der Waals surface area contributed by atoms with E-state index in [1.807, 2.05) is 0 Å². The zero-order valence-corrected chi connectivity index (χ0v) is 17.0. The van der Waals surface area contributed by atoms with Gasteiger partial charge >= 0.3 is 0 Å². The van der Waals surface area contributed by atoms with Gasteiger partial charge in [-0.2, -0.15) is 0 Å². The van der Waals surface area contributed by atoms with Crippen molar-refractivity contribution >= 4 is 5.91 Å². The lowest BCUT2D eigenvalue weighted by Crippen LogP contribution is -2.59. The maximum Gasteiger partial charge on any atom is 0.221 e. The molecule has 0 aromatic carbocycles. The molecule has 0 radical (unpaired) electrons. The molecular formula is C22H37NO3. The summed E-state index contributed by atoms with van der Waals surface area (Å²) in [6.07, 6.45) is 9.24. The number of aliphatic hydroxyl groups excluding tert-OH is 1. The number of hydrogen-bond acceptors (Lipinski definition) is 3. The molecule has 3 unspecified atom stereocenters. The lowest BCUT2D eigenvalue weighted by Gasteiger charge is -2.62. The Balaban J connectivity index is 1.57. The first-order valence-electron chi connectivity index (χ1n) is 10.7. The highest BCUT2D eigenvalue weighted by molar-refractivity contribution is 5.73. The minimum Gasteiger partial charge on any atom is -0.393 e. The summed E-state index contributed by atoms with van der Waals surface area (Å²) >= 11 is 0. The van der Waals surface area contributed by atoms with E-state index in [-0.39, 0.29) is 17.4 Å². The fraction of sp³-hybridized carbons (Fsp3) is 0.955. The third kappa shape index (κ3) is 2.58. The molecule has 2 N–H and O–H groups in total. The second-order valence-electron chi connectivity index (χ2n) is 10.7. The number of carbonyl (C=O) groups is 1. The molecule has 0 spiro atoms. The van der Waals surface area contributed by atoms with Crippen molar-refractivity contribution in [2.75, 3.05) is 7.05 Å². The molecule has 4 saturated carbocycles. The van der Waals surface area contributed by atoms with Crippen molar-refractivity contribution in [3.63, 3.8) is 0 Å². The third-order valence-corrected chi connectivity index (χ3v) is 9.55. The third-order valence-electron chi connectivity index (χ3n) is 9.55. The van der Waals surface area contributed by atoms with Gasteiger partial charge in [-0.15, -0.1) is 0 Å². The summed E-state index contributed by atoms with van der Waals surface area (Å²) in [6, 6.07) is 0. The van der Waals surface area contributed by atoms with Crippen LogP contribution >= 0.6 is 0 Å². The maximum absolute atomic E-state index is 11.8. The molecular weight excluding hydrogens is 326 g/mol. The number of hydrogen-bond donors (Lipinski definition) is 2. The van der Waals surface area contributed by atoms with E-state index in [1.165, 1.54) is 19.3 Å². The largest absolute Gasteiger partial charge is 0.393 e. The molecule has 8 atom stereocenters. The molecule has 4 aliphatic carbocycles. The first kappa shape index (κ1) is 18.7. The van der Waals surface area contributed by atoms with Crippen molar-refractivity contribution in [3.05, 3.63) is 0 Å². The van der Waals surface area contributed by atoms with Gasteiger partial charge in [0, 0.05) is 14.0 Å². The van der Waals surface area contributed by atoms with Crippen molar-refractivity contribution < 1.29 is 15.0 Å². The van der Waals surface area contributed by atoms with Gasteiger partial charge < -0.3 is 15.1 Å². The van der Waals surface area contributed by atoms with E-state index < -0.39 is 5.72 Å². The normalized spacial score (nSPS) is 53.4. The Morgan fingerprint density at radius 3 is 2.46 bits per heavy atom. The summed E-state index contributed by atoms with van der Waals surface area (Å²) in [5.41, 5.74) is -0.342. The van der Waals surface area contributed by atoms with Crippen LogP contribution in [0.5, 0.6) is 0 Å². The number of carbonyl (C=O) groups excluding carboxylic acids is 1. The van der Waals surface area contributed by atoms with Crippen molar-refractivity contribution in [1.29, 1.82) is 0 Å². The molecule has 4 nitrogen and oxygen atoms in total. The van der Waals surface area contributed by atoms with Crippen molar-refractivity contribution in [1.82, 2.24) is 4.90 Å². The smallest absolute Gasteiger partial charge is 0.221 e. The lowest BCUT2D eigenvalue weighted by molar-refractivity contribution is -0.197. The average Bonchev–Trinajstić information content (AvgIpc) is 2.89.